The number of aromatic nitrogens is 2. The molecule has 1 aromatic carbocycles. The van der Waals surface area contributed by atoms with Gasteiger partial charge in [-0.15, -0.1) is 0 Å². The number of carbonyl (C=O) groups is 3. The van der Waals surface area contributed by atoms with Crippen LogP contribution in [0.4, 0.5) is 4.79 Å². The first-order valence-electron chi connectivity index (χ1n) is 7.77. The van der Waals surface area contributed by atoms with E-state index >= 15 is 0 Å². The fraction of sp³-hybridized carbons (Fsp3) is 0.294. The summed E-state index contributed by atoms with van der Waals surface area (Å²) in [6.07, 6.45) is 4.75. The molecular formula is C17H16N4O3. The summed E-state index contributed by atoms with van der Waals surface area (Å²) in [5.74, 6) is -0.554. The maximum Gasteiger partial charge on any atom is 0.325 e. The average Bonchev–Trinajstić information content (AvgIpc) is 3.24. The van der Waals surface area contributed by atoms with Gasteiger partial charge in [0.2, 0.25) is 0 Å². The highest BCUT2D eigenvalue weighted by atomic mass is 16.2. The Bertz CT molecular complexity index is 859. The van der Waals surface area contributed by atoms with E-state index in [0.29, 0.717) is 12.8 Å². The van der Waals surface area contributed by atoms with Crippen molar-refractivity contribution in [1.82, 2.24) is 20.4 Å². The van der Waals surface area contributed by atoms with Gasteiger partial charge in [-0.3, -0.25) is 19.6 Å². The highest BCUT2D eigenvalue weighted by molar-refractivity contribution is 6.10. The Balaban J connectivity index is 1.73. The van der Waals surface area contributed by atoms with Gasteiger partial charge in [-0.2, -0.15) is 5.10 Å². The predicted molar refractivity (Wildman–Crippen MR) is 84.9 cm³/mol. The van der Waals surface area contributed by atoms with Crippen LogP contribution in [0.3, 0.4) is 0 Å². The largest absolute Gasteiger partial charge is 0.325 e. The van der Waals surface area contributed by atoms with Gasteiger partial charge < -0.3 is 5.32 Å². The molecule has 2 N–H and O–H groups in total. The van der Waals surface area contributed by atoms with Crippen molar-refractivity contribution in [2.75, 3.05) is 6.54 Å². The Morgan fingerprint density at radius 2 is 2.17 bits per heavy atom. The van der Waals surface area contributed by atoms with E-state index < -0.39 is 11.6 Å². The number of aromatic amines is 1. The lowest BCUT2D eigenvalue weighted by Gasteiger charge is -2.22. The SMILES string of the molecule is CC(=O)CN1C(=O)N[C@]2(CCc3cc(-c4cn[nH]c4)ccc32)C1=O. The smallest absolute Gasteiger partial charge is 0.319 e. The molecule has 1 aromatic heterocycles. The standard InChI is InChI=1S/C17H16N4O3/c1-10(22)9-21-15(23)17(20-16(21)24)5-4-12-6-11(2-3-14(12)17)13-7-18-19-8-13/h2-3,6-8H,4-5,9H2,1H3,(H,18,19)(H,20,24)/t17-/m0/s1. The van der Waals surface area contributed by atoms with Crippen molar-refractivity contribution in [3.8, 4) is 11.1 Å². The Kier molecular flexibility index (Phi) is 3.06. The van der Waals surface area contributed by atoms with Crippen LogP contribution in [0.25, 0.3) is 11.1 Å². The van der Waals surface area contributed by atoms with Gasteiger partial charge in [0.05, 0.1) is 12.7 Å². The summed E-state index contributed by atoms with van der Waals surface area (Å²) in [6.45, 7) is 1.18. The first-order chi connectivity index (χ1) is 11.5. The molecule has 1 atom stereocenters. The first-order valence-corrected chi connectivity index (χ1v) is 7.77. The molecular weight excluding hydrogens is 308 g/mol. The molecule has 1 spiro atoms. The monoisotopic (exact) mass is 324 g/mol. The van der Waals surface area contributed by atoms with Crippen molar-refractivity contribution >= 4 is 17.7 Å². The zero-order valence-electron chi connectivity index (χ0n) is 13.1. The number of benzene rings is 1. The van der Waals surface area contributed by atoms with Gasteiger partial charge in [0.1, 0.15) is 11.3 Å². The van der Waals surface area contributed by atoms with Crippen molar-refractivity contribution in [2.45, 2.75) is 25.3 Å². The number of hydrogen-bond donors (Lipinski definition) is 2. The van der Waals surface area contributed by atoms with Crippen molar-refractivity contribution in [3.63, 3.8) is 0 Å². The minimum absolute atomic E-state index is 0.186. The lowest BCUT2D eigenvalue weighted by Crippen LogP contribution is -2.42. The topological polar surface area (TPSA) is 95.2 Å². The van der Waals surface area contributed by atoms with Crippen molar-refractivity contribution in [1.29, 1.82) is 0 Å². The number of ketones is 1. The third-order valence-electron chi connectivity index (χ3n) is 4.72. The minimum Gasteiger partial charge on any atom is -0.319 e. The average molecular weight is 324 g/mol. The lowest BCUT2D eigenvalue weighted by molar-refractivity contribution is -0.134. The number of carbonyl (C=O) groups excluding carboxylic acids is 3. The molecule has 1 aliphatic heterocycles. The maximum absolute atomic E-state index is 12.8. The molecule has 3 amide bonds. The van der Waals surface area contributed by atoms with Crippen LogP contribution in [0, 0.1) is 0 Å². The third kappa shape index (κ3) is 1.97. The van der Waals surface area contributed by atoms with E-state index in [-0.39, 0.29) is 18.2 Å². The number of nitrogens with zero attached hydrogens (tertiary/aromatic N) is 2. The quantitative estimate of drug-likeness (QED) is 0.833. The van der Waals surface area contributed by atoms with Crippen molar-refractivity contribution in [2.24, 2.45) is 0 Å². The van der Waals surface area contributed by atoms with Gasteiger partial charge in [0.15, 0.2) is 0 Å². The predicted octanol–water partition coefficient (Wildman–Crippen LogP) is 1.36. The molecule has 4 rings (SSSR count). The van der Waals surface area contributed by atoms with E-state index in [1.54, 1.807) is 6.20 Å². The van der Waals surface area contributed by atoms with Gasteiger partial charge in [0.25, 0.3) is 5.91 Å². The molecule has 2 aromatic rings. The molecule has 0 radical (unpaired) electrons. The normalized spacial score (nSPS) is 22.1. The molecule has 122 valence electrons. The summed E-state index contributed by atoms with van der Waals surface area (Å²) in [7, 11) is 0. The molecule has 0 unspecified atom stereocenters. The second kappa shape index (κ2) is 5.02. The number of urea groups is 1. The second-order valence-electron chi connectivity index (χ2n) is 6.29. The second-order valence-corrected chi connectivity index (χ2v) is 6.29. The van der Waals surface area contributed by atoms with Gasteiger partial charge in [0, 0.05) is 11.8 Å². The number of amides is 3. The van der Waals surface area contributed by atoms with E-state index in [0.717, 1.165) is 27.2 Å². The third-order valence-corrected chi connectivity index (χ3v) is 4.72. The van der Waals surface area contributed by atoms with Crippen LogP contribution in [0.2, 0.25) is 0 Å². The molecule has 0 saturated carbocycles. The van der Waals surface area contributed by atoms with E-state index in [1.165, 1.54) is 6.92 Å². The summed E-state index contributed by atoms with van der Waals surface area (Å²) >= 11 is 0. The van der Waals surface area contributed by atoms with E-state index in [1.807, 2.05) is 24.4 Å². The summed E-state index contributed by atoms with van der Waals surface area (Å²) < 4.78 is 0. The minimum atomic E-state index is -1.03. The van der Waals surface area contributed by atoms with E-state index in [9.17, 15) is 14.4 Å². The zero-order valence-corrected chi connectivity index (χ0v) is 13.1. The van der Waals surface area contributed by atoms with E-state index in [2.05, 4.69) is 15.5 Å². The molecule has 2 aliphatic rings. The summed E-state index contributed by atoms with van der Waals surface area (Å²) in [5, 5.41) is 9.54. The summed E-state index contributed by atoms with van der Waals surface area (Å²) in [4.78, 5) is 37.3. The number of aryl methyl sites for hydroxylation is 1. The number of hydrogen-bond acceptors (Lipinski definition) is 4. The molecule has 7 heteroatoms. The Hall–Kier alpha value is -2.96. The maximum atomic E-state index is 12.8. The molecule has 24 heavy (non-hydrogen) atoms. The van der Waals surface area contributed by atoms with Crippen LogP contribution in [-0.2, 0) is 21.5 Å². The van der Waals surface area contributed by atoms with Crippen LogP contribution in [0.15, 0.2) is 30.6 Å². The summed E-state index contributed by atoms with van der Waals surface area (Å²) in [6, 6.07) is 5.34. The van der Waals surface area contributed by atoms with Crippen LogP contribution < -0.4 is 5.32 Å². The van der Waals surface area contributed by atoms with Gasteiger partial charge >= 0.3 is 6.03 Å². The van der Waals surface area contributed by atoms with Crippen molar-refractivity contribution < 1.29 is 14.4 Å². The van der Waals surface area contributed by atoms with Crippen LogP contribution in [0.1, 0.15) is 24.5 Å². The first kappa shape index (κ1) is 14.6. The Morgan fingerprint density at radius 3 is 2.88 bits per heavy atom. The molecule has 7 nitrogen and oxygen atoms in total. The highest BCUT2D eigenvalue weighted by Crippen LogP contribution is 2.42. The Labute approximate surface area is 138 Å². The van der Waals surface area contributed by atoms with Gasteiger partial charge in [-0.05, 0) is 36.5 Å². The molecule has 1 aliphatic carbocycles. The number of nitrogens with one attached hydrogen (secondary N) is 2. The number of H-pyrrole nitrogens is 1. The van der Waals surface area contributed by atoms with Gasteiger partial charge in [-0.25, -0.2) is 4.79 Å². The number of fused-ring (bicyclic) bond motifs is 2. The number of Topliss-reactive ketones (excluding diaryl/α,β-unsaturated/α-hetero) is 1. The van der Waals surface area contributed by atoms with Crippen LogP contribution >= 0.6 is 0 Å². The Morgan fingerprint density at radius 1 is 1.33 bits per heavy atom. The molecule has 1 saturated heterocycles. The van der Waals surface area contributed by atoms with Crippen molar-refractivity contribution in [3.05, 3.63) is 41.7 Å². The number of rotatable bonds is 3. The fourth-order valence-electron chi connectivity index (χ4n) is 3.61. The van der Waals surface area contributed by atoms with Gasteiger partial charge in [-0.1, -0.05) is 18.2 Å². The molecule has 2 heterocycles. The highest BCUT2D eigenvalue weighted by Gasteiger charge is 2.55. The lowest BCUT2D eigenvalue weighted by atomic mass is 9.90. The summed E-state index contributed by atoms with van der Waals surface area (Å²) in [5.41, 5.74) is 2.80. The van der Waals surface area contributed by atoms with Crippen LogP contribution in [-0.4, -0.2) is 39.4 Å². The zero-order chi connectivity index (χ0) is 16.9. The van der Waals surface area contributed by atoms with Crippen LogP contribution in [0.5, 0.6) is 0 Å². The molecule has 1 fully saturated rings. The van der Waals surface area contributed by atoms with E-state index in [4.69, 9.17) is 0 Å². The number of imide groups is 1. The fourth-order valence-corrected chi connectivity index (χ4v) is 3.61. The molecule has 0 bridgehead atoms.